The van der Waals surface area contributed by atoms with Crippen LogP contribution in [0.1, 0.15) is 51.7 Å². The van der Waals surface area contributed by atoms with E-state index in [0.29, 0.717) is 28.2 Å². The van der Waals surface area contributed by atoms with Crippen LogP contribution in [0.4, 0.5) is 0 Å². The quantitative estimate of drug-likeness (QED) is 0.245. The van der Waals surface area contributed by atoms with Gasteiger partial charge in [0.15, 0.2) is 11.3 Å². The smallest absolute Gasteiger partial charge is 0.262 e. The Balaban J connectivity index is 1.29. The first-order valence-electron chi connectivity index (χ1n) is 14.8. The van der Waals surface area contributed by atoms with Gasteiger partial charge in [-0.3, -0.25) is 14.5 Å². The average Bonchev–Trinajstić information content (AvgIpc) is 3.55. The number of rotatable bonds is 5. The molecule has 0 radical (unpaired) electrons. The van der Waals surface area contributed by atoms with Crippen molar-refractivity contribution in [2.45, 2.75) is 37.8 Å². The second-order valence-electron chi connectivity index (χ2n) is 12.3. The van der Waals surface area contributed by atoms with E-state index in [1.54, 1.807) is 49.0 Å². The topological polar surface area (TPSA) is 110 Å². The van der Waals surface area contributed by atoms with Crippen molar-refractivity contribution < 1.29 is 19.4 Å². The van der Waals surface area contributed by atoms with Gasteiger partial charge in [-0.05, 0) is 43.7 Å². The Morgan fingerprint density at radius 2 is 1.49 bits per heavy atom. The Bertz CT molecular complexity index is 2160. The van der Waals surface area contributed by atoms with Gasteiger partial charge in [-0.2, -0.15) is 9.61 Å². The molecular formula is C36H29N5O4. The SMILES string of the molecule is COc1ccccc1-c1cc2cnc3cc(C)nn3c2nc1-c1ccc([C@]2(N3C(=O)c4ccccc4C3=O)C[C@](C)(O)C2)cc1. The van der Waals surface area contributed by atoms with Gasteiger partial charge in [-0.25, -0.2) is 9.97 Å². The van der Waals surface area contributed by atoms with Gasteiger partial charge in [0.2, 0.25) is 0 Å². The number of methoxy groups -OCH3 is 1. The Kier molecular flexibility index (Phi) is 5.76. The number of para-hydroxylation sites is 1. The zero-order valence-electron chi connectivity index (χ0n) is 25.0. The van der Waals surface area contributed by atoms with Crippen molar-refractivity contribution in [2.24, 2.45) is 0 Å². The van der Waals surface area contributed by atoms with Crippen molar-refractivity contribution in [1.29, 1.82) is 0 Å². The van der Waals surface area contributed by atoms with Crippen LogP contribution in [0.25, 0.3) is 39.1 Å². The maximum atomic E-state index is 13.6. The van der Waals surface area contributed by atoms with E-state index in [0.717, 1.165) is 39.0 Å². The van der Waals surface area contributed by atoms with E-state index < -0.39 is 11.1 Å². The largest absolute Gasteiger partial charge is 0.496 e. The second-order valence-corrected chi connectivity index (χ2v) is 12.3. The normalized spacial score (nSPS) is 20.9. The summed E-state index contributed by atoms with van der Waals surface area (Å²) in [6.07, 6.45) is 2.29. The molecule has 45 heavy (non-hydrogen) atoms. The van der Waals surface area contributed by atoms with Crippen LogP contribution in [0.15, 0.2) is 91.1 Å². The van der Waals surface area contributed by atoms with Crippen molar-refractivity contribution in [3.63, 3.8) is 0 Å². The highest BCUT2D eigenvalue weighted by Gasteiger charge is 2.60. The van der Waals surface area contributed by atoms with E-state index >= 15 is 0 Å². The van der Waals surface area contributed by atoms with Gasteiger partial charge in [0, 0.05) is 47.2 Å². The number of imide groups is 1. The predicted molar refractivity (Wildman–Crippen MR) is 169 cm³/mol. The number of carbonyl (C=O) groups is 2. The zero-order chi connectivity index (χ0) is 31.1. The Morgan fingerprint density at radius 1 is 0.844 bits per heavy atom. The van der Waals surface area contributed by atoms with Crippen LogP contribution in [0.5, 0.6) is 5.75 Å². The van der Waals surface area contributed by atoms with Crippen molar-refractivity contribution in [2.75, 3.05) is 7.11 Å². The summed E-state index contributed by atoms with van der Waals surface area (Å²) in [4.78, 5) is 38.3. The molecule has 1 fully saturated rings. The fourth-order valence-electron chi connectivity index (χ4n) is 7.16. The van der Waals surface area contributed by atoms with Gasteiger partial charge in [0.1, 0.15) is 5.75 Å². The molecule has 222 valence electrons. The molecule has 1 N–H and O–H groups in total. The minimum Gasteiger partial charge on any atom is -0.496 e. The fraction of sp³-hybridized carbons (Fsp3) is 0.194. The van der Waals surface area contributed by atoms with Gasteiger partial charge in [0.05, 0.1) is 40.8 Å². The van der Waals surface area contributed by atoms with Gasteiger partial charge >= 0.3 is 0 Å². The lowest BCUT2D eigenvalue weighted by atomic mass is 9.61. The van der Waals surface area contributed by atoms with Gasteiger partial charge < -0.3 is 9.84 Å². The number of amides is 2. The molecule has 3 aromatic carbocycles. The van der Waals surface area contributed by atoms with Gasteiger partial charge in [-0.15, -0.1) is 0 Å². The summed E-state index contributed by atoms with van der Waals surface area (Å²) in [6.45, 7) is 3.66. The monoisotopic (exact) mass is 595 g/mol. The first kappa shape index (κ1) is 27.2. The summed E-state index contributed by atoms with van der Waals surface area (Å²) >= 11 is 0. The number of aliphatic hydroxyl groups is 1. The highest BCUT2D eigenvalue weighted by atomic mass is 16.5. The summed E-state index contributed by atoms with van der Waals surface area (Å²) in [6, 6.07) is 26.4. The molecule has 2 amide bonds. The molecular weight excluding hydrogens is 566 g/mol. The van der Waals surface area contributed by atoms with E-state index in [1.807, 2.05) is 61.5 Å². The zero-order valence-corrected chi connectivity index (χ0v) is 25.0. The van der Waals surface area contributed by atoms with E-state index in [1.165, 1.54) is 4.90 Å². The van der Waals surface area contributed by atoms with E-state index in [9.17, 15) is 14.7 Å². The van der Waals surface area contributed by atoms with Crippen molar-refractivity contribution in [1.82, 2.24) is 24.5 Å². The first-order valence-corrected chi connectivity index (χ1v) is 14.8. The summed E-state index contributed by atoms with van der Waals surface area (Å²) < 4.78 is 7.48. The van der Waals surface area contributed by atoms with E-state index in [2.05, 4.69) is 16.1 Å². The summed E-state index contributed by atoms with van der Waals surface area (Å²) in [5.74, 6) is 0.0377. The predicted octanol–water partition coefficient (Wildman–Crippen LogP) is 5.96. The molecule has 1 aliphatic heterocycles. The third-order valence-corrected chi connectivity index (χ3v) is 9.04. The molecule has 6 aromatic rings. The molecule has 9 heteroatoms. The highest BCUT2D eigenvalue weighted by molar-refractivity contribution is 6.22. The number of fused-ring (bicyclic) bond motifs is 4. The maximum Gasteiger partial charge on any atom is 0.262 e. The molecule has 0 saturated heterocycles. The summed E-state index contributed by atoms with van der Waals surface area (Å²) in [7, 11) is 1.64. The Hall–Kier alpha value is -5.41. The lowest BCUT2D eigenvalue weighted by Crippen LogP contribution is -2.63. The molecule has 4 heterocycles. The Morgan fingerprint density at radius 3 is 2.13 bits per heavy atom. The molecule has 3 aromatic heterocycles. The average molecular weight is 596 g/mol. The molecule has 8 rings (SSSR count). The minimum absolute atomic E-state index is 0.245. The number of carbonyl (C=O) groups excluding carboxylic acids is 2. The maximum absolute atomic E-state index is 13.6. The number of ether oxygens (including phenoxy) is 1. The number of pyridine rings is 1. The van der Waals surface area contributed by atoms with Gasteiger partial charge in [-0.1, -0.05) is 54.6 Å². The third-order valence-electron chi connectivity index (χ3n) is 9.04. The number of aromatic nitrogens is 4. The van der Waals surface area contributed by atoms with Gasteiger partial charge in [0.25, 0.3) is 11.8 Å². The van der Waals surface area contributed by atoms with E-state index in [4.69, 9.17) is 9.72 Å². The lowest BCUT2D eigenvalue weighted by Gasteiger charge is -2.55. The standard InChI is InChI=1S/C36H29N5O4/c1-21-16-30-37-18-23-17-28(25-8-6-7-11-29(25)45-3)31(38-32(23)41(30)39-21)22-12-14-24(15-13-22)36(19-35(2,44)20-36)40-33(42)26-9-4-5-10-27(26)34(40)43/h4-18,44H,19-20H2,1-3H3/t35-,36-. The van der Waals surface area contributed by atoms with Crippen molar-refractivity contribution in [3.8, 4) is 28.1 Å². The minimum atomic E-state index is -1.01. The molecule has 1 aliphatic carbocycles. The van der Waals surface area contributed by atoms with Crippen LogP contribution >= 0.6 is 0 Å². The second kappa shape index (κ2) is 9.54. The van der Waals surface area contributed by atoms with Crippen LogP contribution in [0.2, 0.25) is 0 Å². The highest BCUT2D eigenvalue weighted by Crippen LogP contribution is 2.54. The fourth-order valence-corrected chi connectivity index (χ4v) is 7.16. The molecule has 0 atom stereocenters. The number of nitrogens with zero attached hydrogens (tertiary/aromatic N) is 5. The third kappa shape index (κ3) is 4.00. The summed E-state index contributed by atoms with van der Waals surface area (Å²) in [5.41, 5.74) is 5.09. The van der Waals surface area contributed by atoms with Crippen LogP contribution in [-0.4, -0.2) is 54.1 Å². The van der Waals surface area contributed by atoms with Crippen LogP contribution < -0.4 is 4.74 Å². The molecule has 0 spiro atoms. The molecule has 0 bridgehead atoms. The number of hydrogen-bond acceptors (Lipinski definition) is 7. The lowest BCUT2D eigenvalue weighted by molar-refractivity contribution is -0.118. The number of hydrogen-bond donors (Lipinski definition) is 1. The van der Waals surface area contributed by atoms with E-state index in [-0.39, 0.29) is 24.7 Å². The number of aryl methyl sites for hydroxylation is 1. The Labute approximate surface area is 258 Å². The van der Waals surface area contributed by atoms with Crippen molar-refractivity contribution >= 4 is 28.5 Å². The number of benzene rings is 3. The van der Waals surface area contributed by atoms with Crippen LogP contribution in [-0.2, 0) is 5.54 Å². The summed E-state index contributed by atoms with van der Waals surface area (Å²) in [5, 5.41) is 16.4. The molecule has 0 unspecified atom stereocenters. The van der Waals surface area contributed by atoms with Crippen LogP contribution in [0.3, 0.4) is 0 Å². The van der Waals surface area contributed by atoms with Crippen molar-refractivity contribution in [3.05, 3.63) is 114 Å². The van der Waals surface area contributed by atoms with Crippen LogP contribution in [0, 0.1) is 6.92 Å². The molecule has 1 saturated carbocycles. The molecule has 9 nitrogen and oxygen atoms in total. The first-order chi connectivity index (χ1) is 21.7. The molecule has 2 aliphatic rings.